The Bertz CT molecular complexity index is 1580. The molecule has 3 aromatic heterocycles. The van der Waals surface area contributed by atoms with Crippen molar-refractivity contribution in [3.05, 3.63) is 72.7 Å². The summed E-state index contributed by atoms with van der Waals surface area (Å²) in [6.45, 7) is 6.46. The average Bonchev–Trinajstić information content (AvgIpc) is 3.31. The predicted octanol–water partition coefficient (Wildman–Crippen LogP) is 7.24. The van der Waals surface area contributed by atoms with Crippen molar-refractivity contribution in [3.8, 4) is 11.3 Å². The molecule has 3 aromatic carbocycles. The summed E-state index contributed by atoms with van der Waals surface area (Å²) >= 11 is 0. The van der Waals surface area contributed by atoms with Crippen molar-refractivity contribution in [2.75, 3.05) is 0 Å². The maximum atomic E-state index is 6.52. The monoisotopic (exact) mass is 392 g/mol. The predicted molar refractivity (Wildman–Crippen MR) is 121 cm³/mol. The number of benzene rings is 3. The number of furan rings is 2. The molecule has 4 heteroatoms. The maximum absolute atomic E-state index is 6.52. The van der Waals surface area contributed by atoms with Crippen LogP contribution in [-0.4, -0.2) is 9.97 Å². The van der Waals surface area contributed by atoms with E-state index in [1.165, 1.54) is 0 Å². The molecule has 0 aliphatic heterocycles. The molecule has 0 aliphatic carbocycles. The summed E-state index contributed by atoms with van der Waals surface area (Å²) in [6.07, 6.45) is 1.64. The number of hydrogen-bond donors (Lipinski definition) is 0. The summed E-state index contributed by atoms with van der Waals surface area (Å²) in [5.41, 5.74) is 6.18. The molecule has 0 saturated heterocycles. The van der Waals surface area contributed by atoms with E-state index in [2.05, 4.69) is 67.1 Å². The topological polar surface area (TPSA) is 52.1 Å². The lowest BCUT2D eigenvalue weighted by atomic mass is 9.91. The third-order valence-corrected chi connectivity index (χ3v) is 5.72. The van der Waals surface area contributed by atoms with Gasteiger partial charge in [-0.3, -0.25) is 0 Å². The van der Waals surface area contributed by atoms with Crippen LogP contribution in [0.5, 0.6) is 0 Å². The van der Waals surface area contributed by atoms with Crippen LogP contribution in [0, 0.1) is 0 Å². The van der Waals surface area contributed by atoms with Gasteiger partial charge in [0, 0.05) is 32.8 Å². The van der Waals surface area contributed by atoms with Gasteiger partial charge in [0.2, 0.25) is 0 Å². The summed E-state index contributed by atoms with van der Waals surface area (Å²) in [5, 5.41) is 4.24. The van der Waals surface area contributed by atoms with Crippen molar-refractivity contribution in [1.29, 1.82) is 0 Å². The van der Waals surface area contributed by atoms with Crippen LogP contribution < -0.4 is 0 Å². The van der Waals surface area contributed by atoms with Crippen LogP contribution in [0.4, 0.5) is 0 Å². The van der Waals surface area contributed by atoms with Crippen LogP contribution in [0.2, 0.25) is 0 Å². The van der Waals surface area contributed by atoms with E-state index >= 15 is 0 Å². The summed E-state index contributed by atoms with van der Waals surface area (Å²) < 4.78 is 12.6. The largest absolute Gasteiger partial charge is 0.456 e. The Labute approximate surface area is 173 Å². The third kappa shape index (κ3) is 2.40. The first-order chi connectivity index (χ1) is 14.5. The van der Waals surface area contributed by atoms with Gasteiger partial charge in [-0.05, 0) is 30.3 Å². The van der Waals surface area contributed by atoms with Gasteiger partial charge in [0.15, 0.2) is 0 Å². The van der Waals surface area contributed by atoms with Crippen LogP contribution in [0.1, 0.15) is 26.5 Å². The molecule has 0 saturated carbocycles. The summed E-state index contributed by atoms with van der Waals surface area (Å²) in [7, 11) is 0. The standard InChI is InChI=1S/C26H20N2O2/c1-26(2,3)22-13-19(27-14-28-22)17-9-6-8-15-16-11-12-21-23(25(16)30-24(15)17)18-7-4-5-10-20(18)29-21/h4-14H,1-3H3. The van der Waals surface area contributed by atoms with Crippen LogP contribution in [0.3, 0.4) is 0 Å². The van der Waals surface area contributed by atoms with Gasteiger partial charge in [0.25, 0.3) is 0 Å². The van der Waals surface area contributed by atoms with E-state index in [-0.39, 0.29) is 5.41 Å². The van der Waals surface area contributed by atoms with E-state index in [9.17, 15) is 0 Å². The number of fused-ring (bicyclic) bond motifs is 7. The summed E-state index contributed by atoms with van der Waals surface area (Å²) in [6, 6.07) is 20.5. The number of aromatic nitrogens is 2. The van der Waals surface area contributed by atoms with Gasteiger partial charge in [0.05, 0.1) is 11.1 Å². The molecule has 4 nitrogen and oxygen atoms in total. The van der Waals surface area contributed by atoms with Crippen molar-refractivity contribution in [1.82, 2.24) is 9.97 Å². The van der Waals surface area contributed by atoms with E-state index in [0.29, 0.717) is 0 Å². The van der Waals surface area contributed by atoms with Crippen LogP contribution in [0.25, 0.3) is 55.1 Å². The van der Waals surface area contributed by atoms with Gasteiger partial charge < -0.3 is 8.83 Å². The molecule has 0 bridgehead atoms. The van der Waals surface area contributed by atoms with E-state index in [1.54, 1.807) is 6.33 Å². The molecule has 0 amide bonds. The first-order valence-corrected chi connectivity index (χ1v) is 10.1. The number of hydrogen-bond acceptors (Lipinski definition) is 4. The van der Waals surface area contributed by atoms with E-state index < -0.39 is 0 Å². The van der Waals surface area contributed by atoms with E-state index in [1.807, 2.05) is 24.3 Å². The Balaban J connectivity index is 1.70. The highest BCUT2D eigenvalue weighted by molar-refractivity contribution is 6.22. The minimum Gasteiger partial charge on any atom is -0.456 e. The second-order valence-electron chi connectivity index (χ2n) is 8.74. The number of para-hydroxylation sites is 2. The molecular formula is C26H20N2O2. The van der Waals surface area contributed by atoms with Crippen molar-refractivity contribution in [3.63, 3.8) is 0 Å². The van der Waals surface area contributed by atoms with Gasteiger partial charge in [-0.25, -0.2) is 9.97 Å². The number of rotatable bonds is 1. The minimum atomic E-state index is -0.0542. The molecule has 6 rings (SSSR count). The molecule has 0 aliphatic rings. The van der Waals surface area contributed by atoms with Crippen molar-refractivity contribution in [2.24, 2.45) is 0 Å². The molecule has 30 heavy (non-hydrogen) atoms. The zero-order valence-electron chi connectivity index (χ0n) is 17.1. The van der Waals surface area contributed by atoms with Crippen molar-refractivity contribution >= 4 is 43.9 Å². The Morgan fingerprint density at radius 1 is 0.700 bits per heavy atom. The van der Waals surface area contributed by atoms with Crippen molar-refractivity contribution in [2.45, 2.75) is 26.2 Å². The van der Waals surface area contributed by atoms with Crippen molar-refractivity contribution < 1.29 is 8.83 Å². The fourth-order valence-corrected chi connectivity index (χ4v) is 4.18. The zero-order valence-corrected chi connectivity index (χ0v) is 17.1. The van der Waals surface area contributed by atoms with E-state index in [0.717, 1.165) is 60.8 Å². The van der Waals surface area contributed by atoms with Crippen LogP contribution >= 0.6 is 0 Å². The molecule has 6 aromatic rings. The van der Waals surface area contributed by atoms with Crippen LogP contribution in [0.15, 0.2) is 75.8 Å². The molecule has 0 spiro atoms. The Kier molecular flexibility index (Phi) is 3.40. The summed E-state index contributed by atoms with van der Waals surface area (Å²) in [5.74, 6) is 0. The normalized spacial score (nSPS) is 12.5. The quantitative estimate of drug-likeness (QED) is 0.296. The third-order valence-electron chi connectivity index (χ3n) is 5.72. The molecule has 0 atom stereocenters. The summed E-state index contributed by atoms with van der Waals surface area (Å²) in [4.78, 5) is 9.03. The lowest BCUT2D eigenvalue weighted by Gasteiger charge is -2.17. The second-order valence-corrected chi connectivity index (χ2v) is 8.74. The Morgan fingerprint density at radius 3 is 2.37 bits per heavy atom. The number of nitrogens with zero attached hydrogens (tertiary/aromatic N) is 2. The van der Waals surface area contributed by atoms with Gasteiger partial charge in [-0.15, -0.1) is 0 Å². The lowest BCUT2D eigenvalue weighted by molar-refractivity contribution is 0.567. The van der Waals surface area contributed by atoms with Gasteiger partial charge in [-0.1, -0.05) is 51.1 Å². The molecular weight excluding hydrogens is 372 g/mol. The molecule has 0 fully saturated rings. The maximum Gasteiger partial charge on any atom is 0.147 e. The van der Waals surface area contributed by atoms with Gasteiger partial charge in [0.1, 0.15) is 28.7 Å². The lowest BCUT2D eigenvalue weighted by Crippen LogP contribution is -2.13. The molecule has 0 N–H and O–H groups in total. The minimum absolute atomic E-state index is 0.0542. The average molecular weight is 392 g/mol. The first kappa shape index (κ1) is 17.2. The van der Waals surface area contributed by atoms with Crippen LogP contribution in [-0.2, 0) is 5.41 Å². The fraction of sp³-hybridized carbons (Fsp3) is 0.154. The van der Waals surface area contributed by atoms with Gasteiger partial charge >= 0.3 is 0 Å². The molecule has 0 unspecified atom stereocenters. The molecule has 0 radical (unpaired) electrons. The SMILES string of the molecule is CC(C)(C)c1cc(-c2cccc3c2oc2c3ccc3oc4ccccc4c32)ncn1. The first-order valence-electron chi connectivity index (χ1n) is 10.1. The van der Waals surface area contributed by atoms with E-state index in [4.69, 9.17) is 8.83 Å². The smallest absolute Gasteiger partial charge is 0.147 e. The highest BCUT2D eigenvalue weighted by Crippen LogP contribution is 2.41. The highest BCUT2D eigenvalue weighted by Gasteiger charge is 2.20. The zero-order chi connectivity index (χ0) is 20.5. The second kappa shape index (κ2) is 5.92. The Hall–Kier alpha value is -3.66. The molecule has 146 valence electrons. The Morgan fingerprint density at radius 2 is 1.50 bits per heavy atom. The van der Waals surface area contributed by atoms with Gasteiger partial charge in [-0.2, -0.15) is 0 Å². The molecule has 3 heterocycles. The highest BCUT2D eigenvalue weighted by atomic mass is 16.3. The fourth-order valence-electron chi connectivity index (χ4n) is 4.18.